The lowest BCUT2D eigenvalue weighted by Gasteiger charge is -2.36. The van der Waals surface area contributed by atoms with E-state index in [1.165, 1.54) is 25.7 Å². The molecule has 1 heterocycles. The van der Waals surface area contributed by atoms with Crippen LogP contribution in [0.15, 0.2) is 0 Å². The summed E-state index contributed by atoms with van der Waals surface area (Å²) in [6.45, 7) is 3.37. The van der Waals surface area contributed by atoms with Crippen molar-refractivity contribution >= 4 is 17.3 Å². The van der Waals surface area contributed by atoms with Crippen LogP contribution in [0.1, 0.15) is 32.6 Å². The minimum Gasteiger partial charge on any atom is -0.366 e. The topological polar surface area (TPSA) is 15.3 Å². The fourth-order valence-corrected chi connectivity index (χ4v) is 2.08. The van der Waals surface area contributed by atoms with E-state index in [9.17, 15) is 0 Å². The summed E-state index contributed by atoms with van der Waals surface area (Å²) >= 11 is 5.23. The van der Waals surface area contributed by atoms with Crippen molar-refractivity contribution in [1.29, 1.82) is 0 Å². The van der Waals surface area contributed by atoms with Crippen LogP contribution in [0.25, 0.3) is 0 Å². The van der Waals surface area contributed by atoms with Crippen molar-refractivity contribution in [3.8, 4) is 0 Å². The van der Waals surface area contributed by atoms with Gasteiger partial charge in [-0.15, -0.1) is 0 Å². The minimum atomic E-state index is 0.679. The van der Waals surface area contributed by atoms with Gasteiger partial charge in [0.25, 0.3) is 0 Å². The molecule has 1 atom stereocenters. The Morgan fingerprint density at radius 1 is 1.58 bits per heavy atom. The van der Waals surface area contributed by atoms with Gasteiger partial charge in [0.05, 0.1) is 0 Å². The van der Waals surface area contributed by atoms with Crippen molar-refractivity contribution in [2.45, 2.75) is 38.6 Å². The molecular weight excluding hydrogens is 168 g/mol. The molecule has 0 unspecified atom stereocenters. The average molecular weight is 186 g/mol. The smallest absolute Gasteiger partial charge is 0.168 e. The van der Waals surface area contributed by atoms with Crippen molar-refractivity contribution < 1.29 is 0 Å². The predicted molar refractivity (Wildman–Crippen MR) is 56.3 cm³/mol. The van der Waals surface area contributed by atoms with Crippen molar-refractivity contribution in [3.05, 3.63) is 0 Å². The molecule has 70 valence electrons. The van der Waals surface area contributed by atoms with Crippen LogP contribution < -0.4 is 5.32 Å². The molecule has 1 aliphatic rings. The van der Waals surface area contributed by atoms with Gasteiger partial charge < -0.3 is 10.2 Å². The molecule has 1 N–H and O–H groups in total. The number of nitrogens with one attached hydrogen (secondary N) is 1. The van der Waals surface area contributed by atoms with Crippen molar-refractivity contribution in [1.82, 2.24) is 10.2 Å². The third-order valence-corrected chi connectivity index (χ3v) is 3.01. The number of thiocarbonyl (C=S) groups is 1. The SMILES string of the molecule is CC[C@H]1CCCCN1C(=S)NC. The first kappa shape index (κ1) is 9.78. The highest BCUT2D eigenvalue weighted by atomic mass is 32.1. The van der Waals surface area contributed by atoms with Crippen LogP contribution in [0.4, 0.5) is 0 Å². The zero-order valence-electron chi connectivity index (χ0n) is 7.97. The molecule has 0 radical (unpaired) electrons. The highest BCUT2D eigenvalue weighted by molar-refractivity contribution is 7.80. The quantitative estimate of drug-likeness (QED) is 0.628. The Kier molecular flexibility index (Phi) is 3.79. The molecule has 1 rings (SSSR count). The van der Waals surface area contributed by atoms with Crippen molar-refractivity contribution in [2.24, 2.45) is 0 Å². The summed E-state index contributed by atoms with van der Waals surface area (Å²) in [5, 5.41) is 3.97. The first-order chi connectivity index (χ1) is 5.79. The van der Waals surface area contributed by atoms with E-state index in [1.54, 1.807) is 0 Å². The van der Waals surface area contributed by atoms with Crippen LogP contribution in [0.2, 0.25) is 0 Å². The molecule has 0 spiro atoms. The van der Waals surface area contributed by atoms with Gasteiger partial charge in [0.15, 0.2) is 5.11 Å². The number of nitrogens with zero attached hydrogens (tertiary/aromatic N) is 1. The standard InChI is InChI=1S/C9H18N2S/c1-3-8-6-4-5-7-11(8)9(12)10-2/h8H,3-7H2,1-2H3,(H,10,12)/t8-/m0/s1. The zero-order valence-corrected chi connectivity index (χ0v) is 8.78. The summed E-state index contributed by atoms with van der Waals surface area (Å²) in [5.74, 6) is 0. The lowest BCUT2D eigenvalue weighted by molar-refractivity contribution is 0.234. The Bertz CT molecular complexity index is 159. The molecular formula is C9H18N2S. The molecule has 2 nitrogen and oxygen atoms in total. The summed E-state index contributed by atoms with van der Waals surface area (Å²) in [6.07, 6.45) is 5.17. The highest BCUT2D eigenvalue weighted by Gasteiger charge is 2.21. The number of hydrogen-bond donors (Lipinski definition) is 1. The van der Waals surface area contributed by atoms with Gasteiger partial charge in [-0.25, -0.2) is 0 Å². The van der Waals surface area contributed by atoms with E-state index in [-0.39, 0.29) is 0 Å². The molecule has 0 saturated carbocycles. The Morgan fingerprint density at radius 3 is 2.92 bits per heavy atom. The lowest BCUT2D eigenvalue weighted by Crippen LogP contribution is -2.47. The summed E-state index contributed by atoms with van der Waals surface area (Å²) in [5.41, 5.74) is 0. The van der Waals surface area contributed by atoms with E-state index in [0.29, 0.717) is 6.04 Å². The monoisotopic (exact) mass is 186 g/mol. The molecule has 1 saturated heterocycles. The Hall–Kier alpha value is -0.310. The van der Waals surface area contributed by atoms with Crippen LogP contribution >= 0.6 is 12.2 Å². The fraction of sp³-hybridized carbons (Fsp3) is 0.889. The first-order valence-electron chi connectivity index (χ1n) is 4.78. The second-order valence-electron chi connectivity index (χ2n) is 3.31. The molecule has 1 aliphatic heterocycles. The van der Waals surface area contributed by atoms with Crippen molar-refractivity contribution in [2.75, 3.05) is 13.6 Å². The van der Waals surface area contributed by atoms with E-state index in [2.05, 4.69) is 17.1 Å². The number of likely N-dealkylation sites (tertiary alicyclic amines) is 1. The van der Waals surface area contributed by atoms with Crippen LogP contribution in [0.3, 0.4) is 0 Å². The summed E-state index contributed by atoms with van der Waals surface area (Å²) in [4.78, 5) is 2.33. The van der Waals surface area contributed by atoms with Gasteiger partial charge in [-0.3, -0.25) is 0 Å². The molecule has 0 amide bonds. The molecule has 3 heteroatoms. The second kappa shape index (κ2) is 4.65. The summed E-state index contributed by atoms with van der Waals surface area (Å²) < 4.78 is 0. The van der Waals surface area contributed by atoms with E-state index in [1.807, 2.05) is 7.05 Å². The van der Waals surface area contributed by atoms with Gasteiger partial charge in [0.1, 0.15) is 0 Å². The van der Waals surface area contributed by atoms with Gasteiger partial charge in [-0.1, -0.05) is 6.92 Å². The van der Waals surface area contributed by atoms with Gasteiger partial charge in [0, 0.05) is 19.6 Å². The minimum absolute atomic E-state index is 0.679. The fourth-order valence-electron chi connectivity index (χ4n) is 1.84. The van der Waals surface area contributed by atoms with Gasteiger partial charge in [0.2, 0.25) is 0 Å². The number of piperidine rings is 1. The lowest BCUT2D eigenvalue weighted by atomic mass is 10.0. The van der Waals surface area contributed by atoms with E-state index < -0.39 is 0 Å². The Morgan fingerprint density at radius 2 is 2.33 bits per heavy atom. The van der Waals surface area contributed by atoms with Crippen molar-refractivity contribution in [3.63, 3.8) is 0 Å². The third-order valence-electron chi connectivity index (χ3n) is 2.57. The first-order valence-corrected chi connectivity index (χ1v) is 5.18. The molecule has 1 fully saturated rings. The number of rotatable bonds is 1. The normalized spacial score (nSPS) is 23.8. The molecule has 0 bridgehead atoms. The van der Waals surface area contributed by atoms with Gasteiger partial charge in [-0.2, -0.15) is 0 Å². The second-order valence-corrected chi connectivity index (χ2v) is 3.69. The van der Waals surface area contributed by atoms with Crippen LogP contribution in [-0.2, 0) is 0 Å². The predicted octanol–water partition coefficient (Wildman–Crippen LogP) is 1.76. The zero-order chi connectivity index (χ0) is 8.97. The van der Waals surface area contributed by atoms with Gasteiger partial charge in [-0.05, 0) is 37.9 Å². The van der Waals surface area contributed by atoms with E-state index >= 15 is 0 Å². The highest BCUT2D eigenvalue weighted by Crippen LogP contribution is 2.19. The molecule has 12 heavy (non-hydrogen) atoms. The summed E-state index contributed by atoms with van der Waals surface area (Å²) in [6, 6.07) is 0.679. The van der Waals surface area contributed by atoms with Gasteiger partial charge >= 0.3 is 0 Å². The Balaban J connectivity index is 2.52. The number of hydrogen-bond acceptors (Lipinski definition) is 1. The third kappa shape index (κ3) is 2.09. The molecule has 0 aromatic carbocycles. The van der Waals surface area contributed by atoms with Crippen LogP contribution in [0.5, 0.6) is 0 Å². The maximum atomic E-state index is 5.23. The molecule has 0 aliphatic carbocycles. The molecule has 0 aromatic rings. The summed E-state index contributed by atoms with van der Waals surface area (Å²) in [7, 11) is 1.91. The maximum absolute atomic E-state index is 5.23. The Labute approximate surface area is 80.3 Å². The van der Waals surface area contributed by atoms with E-state index in [0.717, 1.165) is 11.7 Å². The molecule has 0 aromatic heterocycles. The van der Waals surface area contributed by atoms with E-state index in [4.69, 9.17) is 12.2 Å². The maximum Gasteiger partial charge on any atom is 0.168 e. The van der Waals surface area contributed by atoms with Crippen LogP contribution in [-0.4, -0.2) is 29.6 Å². The average Bonchev–Trinajstić information content (AvgIpc) is 2.16. The van der Waals surface area contributed by atoms with Crippen LogP contribution in [0, 0.1) is 0 Å². The largest absolute Gasteiger partial charge is 0.366 e.